The van der Waals surface area contributed by atoms with Crippen LogP contribution in [0.2, 0.25) is 0 Å². The maximum atomic E-state index is 11.9. The molecule has 1 N–H and O–H groups in total. The summed E-state index contributed by atoms with van der Waals surface area (Å²) in [5.41, 5.74) is 0.190. The number of hydrogen-bond acceptors (Lipinski definition) is 3. The molecule has 0 aliphatic rings. The zero-order valence-corrected chi connectivity index (χ0v) is 11.1. The third kappa shape index (κ3) is 3.73. The van der Waals surface area contributed by atoms with E-state index in [1.165, 1.54) is 16.8 Å². The summed E-state index contributed by atoms with van der Waals surface area (Å²) in [6.07, 6.45) is 2.91. The molecular weight excluding hydrogens is 258 g/mol. The molecule has 0 aliphatic heterocycles. The molecule has 0 aromatic carbocycles. The van der Waals surface area contributed by atoms with Crippen molar-refractivity contribution in [1.29, 1.82) is 0 Å². The van der Waals surface area contributed by atoms with E-state index < -0.39 is 4.92 Å². The summed E-state index contributed by atoms with van der Waals surface area (Å²) in [6, 6.07) is 1.26. The highest BCUT2D eigenvalue weighted by Crippen LogP contribution is 2.15. The Morgan fingerprint density at radius 2 is 2.33 bits per heavy atom. The van der Waals surface area contributed by atoms with Crippen molar-refractivity contribution in [3.8, 4) is 0 Å². The van der Waals surface area contributed by atoms with Crippen LogP contribution in [0.15, 0.2) is 12.3 Å². The van der Waals surface area contributed by atoms with E-state index >= 15 is 0 Å². The summed E-state index contributed by atoms with van der Waals surface area (Å²) in [7, 11) is 1.60. The molecule has 18 heavy (non-hydrogen) atoms. The molecule has 100 valence electrons. The highest BCUT2D eigenvalue weighted by Gasteiger charge is 2.18. The van der Waals surface area contributed by atoms with Gasteiger partial charge in [0.15, 0.2) is 0 Å². The Kier molecular flexibility index (Phi) is 5.15. The average molecular weight is 274 g/mol. The minimum atomic E-state index is -0.520. The number of hydrogen-bond donors (Lipinski definition) is 1. The Balaban J connectivity index is 2.69. The number of halogens is 1. The first kappa shape index (κ1) is 14.5. The second kappa shape index (κ2) is 6.39. The number of carbonyl (C=O) groups is 1. The lowest BCUT2D eigenvalue weighted by Gasteiger charge is -2.13. The van der Waals surface area contributed by atoms with Crippen molar-refractivity contribution in [1.82, 2.24) is 9.88 Å². The standard InChI is InChI=1S/C11H16ClN3O3/c1-8(4-3-5-12)13-11(16)10-6-9(15(17)18)7-14(10)2/h6-8H,3-5H2,1-2H3,(H,13,16). The number of rotatable bonds is 6. The van der Waals surface area contributed by atoms with Gasteiger partial charge in [0, 0.05) is 25.0 Å². The van der Waals surface area contributed by atoms with Crippen molar-refractivity contribution in [2.45, 2.75) is 25.8 Å². The second-order valence-electron chi connectivity index (χ2n) is 4.16. The van der Waals surface area contributed by atoms with Crippen LogP contribution in [-0.2, 0) is 7.05 Å². The minimum absolute atomic E-state index is 0.00907. The van der Waals surface area contributed by atoms with Crippen LogP contribution in [0.5, 0.6) is 0 Å². The zero-order chi connectivity index (χ0) is 13.7. The number of alkyl halides is 1. The maximum Gasteiger partial charge on any atom is 0.287 e. The Morgan fingerprint density at radius 3 is 2.83 bits per heavy atom. The van der Waals surface area contributed by atoms with Crippen molar-refractivity contribution in [2.75, 3.05) is 5.88 Å². The van der Waals surface area contributed by atoms with Gasteiger partial charge in [0.25, 0.3) is 11.6 Å². The molecule has 1 rings (SSSR count). The highest BCUT2D eigenvalue weighted by atomic mass is 35.5. The van der Waals surface area contributed by atoms with E-state index in [9.17, 15) is 14.9 Å². The summed E-state index contributed by atoms with van der Waals surface area (Å²) in [5, 5.41) is 13.4. The zero-order valence-electron chi connectivity index (χ0n) is 10.4. The van der Waals surface area contributed by atoms with E-state index in [1.54, 1.807) is 7.05 Å². The molecule has 1 atom stereocenters. The molecule has 6 nitrogen and oxygen atoms in total. The lowest BCUT2D eigenvalue weighted by molar-refractivity contribution is -0.384. The molecule has 0 aliphatic carbocycles. The molecule has 0 spiro atoms. The molecule has 1 aromatic heterocycles. The Labute approximate surface area is 110 Å². The third-order valence-electron chi connectivity index (χ3n) is 2.58. The highest BCUT2D eigenvalue weighted by molar-refractivity contribution is 6.17. The van der Waals surface area contributed by atoms with Gasteiger partial charge in [-0.25, -0.2) is 0 Å². The van der Waals surface area contributed by atoms with Crippen molar-refractivity contribution in [3.63, 3.8) is 0 Å². The van der Waals surface area contributed by atoms with E-state index in [0.717, 1.165) is 12.8 Å². The first-order valence-electron chi connectivity index (χ1n) is 5.63. The van der Waals surface area contributed by atoms with Crippen LogP contribution in [0, 0.1) is 10.1 Å². The first-order chi connectivity index (χ1) is 8.45. The van der Waals surface area contributed by atoms with E-state index in [2.05, 4.69) is 5.32 Å². The van der Waals surface area contributed by atoms with Gasteiger partial charge in [0.1, 0.15) is 5.69 Å². The summed E-state index contributed by atoms with van der Waals surface area (Å²) >= 11 is 5.57. The predicted octanol–water partition coefficient (Wildman–Crippen LogP) is 2.07. The predicted molar refractivity (Wildman–Crippen MR) is 68.9 cm³/mol. The van der Waals surface area contributed by atoms with Crippen molar-refractivity contribution in [2.24, 2.45) is 7.05 Å². The van der Waals surface area contributed by atoms with Crippen LogP contribution in [0.25, 0.3) is 0 Å². The summed E-state index contributed by atoms with van der Waals surface area (Å²) in [6.45, 7) is 1.88. The number of amides is 1. The van der Waals surface area contributed by atoms with E-state index in [-0.39, 0.29) is 23.3 Å². The molecule has 0 saturated carbocycles. The smallest absolute Gasteiger partial charge is 0.287 e. The van der Waals surface area contributed by atoms with Gasteiger partial charge in [0.2, 0.25) is 0 Å². The van der Waals surface area contributed by atoms with Crippen molar-refractivity contribution >= 4 is 23.2 Å². The van der Waals surface area contributed by atoms with Gasteiger partial charge in [-0.2, -0.15) is 0 Å². The van der Waals surface area contributed by atoms with Crippen LogP contribution >= 0.6 is 11.6 Å². The topological polar surface area (TPSA) is 77.2 Å². The molecule has 1 unspecified atom stereocenters. The molecule has 0 fully saturated rings. The maximum absolute atomic E-state index is 11.9. The number of aromatic nitrogens is 1. The van der Waals surface area contributed by atoms with Crippen LogP contribution in [0.3, 0.4) is 0 Å². The van der Waals surface area contributed by atoms with Gasteiger partial charge in [-0.3, -0.25) is 14.9 Å². The van der Waals surface area contributed by atoms with Crippen molar-refractivity contribution in [3.05, 3.63) is 28.1 Å². The fraction of sp³-hybridized carbons (Fsp3) is 0.545. The first-order valence-corrected chi connectivity index (χ1v) is 6.16. The monoisotopic (exact) mass is 273 g/mol. The Morgan fingerprint density at radius 1 is 1.67 bits per heavy atom. The SMILES string of the molecule is CC(CCCCl)NC(=O)c1cc([N+](=O)[O-])cn1C. The molecule has 0 bridgehead atoms. The van der Waals surface area contributed by atoms with Gasteiger partial charge < -0.3 is 9.88 Å². The molecule has 1 heterocycles. The Hall–Kier alpha value is -1.56. The largest absolute Gasteiger partial charge is 0.348 e. The van der Waals surface area contributed by atoms with Gasteiger partial charge in [-0.1, -0.05) is 0 Å². The number of carbonyl (C=O) groups excluding carboxylic acids is 1. The van der Waals surface area contributed by atoms with Crippen LogP contribution in [0.4, 0.5) is 5.69 Å². The number of aryl methyl sites for hydroxylation is 1. The molecule has 7 heteroatoms. The summed E-state index contributed by atoms with van der Waals surface area (Å²) < 4.78 is 1.45. The van der Waals surface area contributed by atoms with Crippen LogP contribution in [-0.4, -0.2) is 27.3 Å². The van der Waals surface area contributed by atoms with E-state index in [4.69, 9.17) is 11.6 Å². The fourth-order valence-corrected chi connectivity index (χ4v) is 1.78. The molecule has 0 saturated heterocycles. The molecule has 1 amide bonds. The van der Waals surface area contributed by atoms with Gasteiger partial charge in [-0.05, 0) is 19.8 Å². The molecule has 1 aromatic rings. The fourth-order valence-electron chi connectivity index (χ4n) is 1.63. The van der Waals surface area contributed by atoms with Crippen LogP contribution in [0.1, 0.15) is 30.3 Å². The van der Waals surface area contributed by atoms with Gasteiger partial charge in [0.05, 0.1) is 11.1 Å². The lowest BCUT2D eigenvalue weighted by Crippen LogP contribution is -2.33. The average Bonchev–Trinajstić information content (AvgIpc) is 2.68. The van der Waals surface area contributed by atoms with Crippen LogP contribution < -0.4 is 5.32 Å². The molecule has 0 radical (unpaired) electrons. The normalized spacial score (nSPS) is 12.2. The Bertz CT molecular complexity index is 445. The number of nitrogens with one attached hydrogen (secondary N) is 1. The summed E-state index contributed by atoms with van der Waals surface area (Å²) in [5.74, 6) is 0.239. The quantitative estimate of drug-likeness (QED) is 0.490. The second-order valence-corrected chi connectivity index (χ2v) is 4.54. The third-order valence-corrected chi connectivity index (χ3v) is 2.85. The summed E-state index contributed by atoms with van der Waals surface area (Å²) in [4.78, 5) is 22.0. The number of nitrogens with zero attached hydrogens (tertiary/aromatic N) is 2. The van der Waals surface area contributed by atoms with Gasteiger partial charge in [-0.15, -0.1) is 11.6 Å². The van der Waals surface area contributed by atoms with E-state index in [0.29, 0.717) is 5.88 Å². The number of nitro groups is 1. The van der Waals surface area contributed by atoms with E-state index in [1.807, 2.05) is 6.92 Å². The van der Waals surface area contributed by atoms with Crippen molar-refractivity contribution < 1.29 is 9.72 Å². The molecular formula is C11H16ClN3O3. The minimum Gasteiger partial charge on any atom is -0.348 e. The van der Waals surface area contributed by atoms with Gasteiger partial charge >= 0.3 is 0 Å². The lowest BCUT2D eigenvalue weighted by atomic mass is 10.2.